The first-order valence-corrected chi connectivity index (χ1v) is 5.55. The molecule has 0 N–H and O–H groups in total. The van der Waals surface area contributed by atoms with Crippen LogP contribution < -0.4 is 0 Å². The zero-order valence-electron chi connectivity index (χ0n) is 8.60. The minimum atomic E-state index is -0.296. The maximum Gasteiger partial charge on any atom is 0.361 e. The minimum absolute atomic E-state index is 0.296. The largest absolute Gasteiger partial charge is 0.461 e. The van der Waals surface area contributed by atoms with Crippen molar-refractivity contribution in [3.05, 3.63) is 29.3 Å². The van der Waals surface area contributed by atoms with E-state index in [1.54, 1.807) is 11.3 Å². The average molecular weight is 222 g/mol. The topological polar surface area (TPSA) is 43.6 Å². The van der Waals surface area contributed by atoms with Gasteiger partial charge in [-0.1, -0.05) is 0 Å². The second kappa shape index (κ2) is 3.99. The Hall–Kier alpha value is -1.41. The van der Waals surface area contributed by atoms with Crippen LogP contribution >= 0.6 is 8.35 Å². The Labute approximate surface area is 89.1 Å². The number of aryl methyl sites for hydroxylation is 1. The standard InChI is InChI=1S/C10H11N2O2P/c1-3-14-10(13)9-12-5-4-7(2)6-8(12)11-15-9/h4-6H,3H2,1-2H3. The zero-order valence-corrected chi connectivity index (χ0v) is 9.49. The fourth-order valence-corrected chi connectivity index (χ4v) is 2.09. The maximum absolute atomic E-state index is 11.5. The van der Waals surface area contributed by atoms with E-state index in [1.165, 1.54) is 0 Å². The Bertz CT molecular complexity index is 507. The van der Waals surface area contributed by atoms with Gasteiger partial charge in [0.2, 0.25) is 0 Å². The Kier molecular flexibility index (Phi) is 2.69. The van der Waals surface area contributed by atoms with Gasteiger partial charge in [0.15, 0.2) is 5.43 Å². The molecule has 0 spiro atoms. The summed E-state index contributed by atoms with van der Waals surface area (Å²) < 4.78 is 11.0. The molecular weight excluding hydrogens is 211 g/mol. The molecule has 0 unspecified atom stereocenters. The molecule has 0 atom stereocenters. The van der Waals surface area contributed by atoms with Gasteiger partial charge in [-0.15, -0.1) is 0 Å². The highest BCUT2D eigenvalue weighted by Crippen LogP contribution is 2.18. The molecule has 0 saturated carbocycles. The van der Waals surface area contributed by atoms with E-state index in [9.17, 15) is 4.79 Å². The van der Waals surface area contributed by atoms with Crippen LogP contribution in [0.4, 0.5) is 0 Å². The Morgan fingerprint density at radius 2 is 2.47 bits per heavy atom. The highest BCUT2D eigenvalue weighted by atomic mass is 31.0. The molecule has 0 aliphatic carbocycles. The second-order valence-corrected chi connectivity index (χ2v) is 4.00. The van der Waals surface area contributed by atoms with E-state index in [2.05, 4.69) is 4.75 Å². The molecular formula is C10H11N2O2P. The van der Waals surface area contributed by atoms with Crippen molar-refractivity contribution >= 4 is 20.0 Å². The fourth-order valence-electron chi connectivity index (χ4n) is 1.33. The number of aromatic nitrogens is 2. The number of rotatable bonds is 2. The van der Waals surface area contributed by atoms with Crippen molar-refractivity contribution in [1.82, 2.24) is 9.15 Å². The Morgan fingerprint density at radius 3 is 3.20 bits per heavy atom. The number of ether oxygens (including phenoxy) is 1. The van der Waals surface area contributed by atoms with E-state index < -0.39 is 0 Å². The molecule has 2 aromatic heterocycles. The first-order valence-electron chi connectivity index (χ1n) is 4.71. The lowest BCUT2D eigenvalue weighted by Gasteiger charge is -2.00. The van der Waals surface area contributed by atoms with Crippen LogP contribution in [0.5, 0.6) is 0 Å². The number of pyridine rings is 1. The Morgan fingerprint density at radius 1 is 1.67 bits per heavy atom. The van der Waals surface area contributed by atoms with Gasteiger partial charge in [-0.05, 0) is 31.5 Å². The molecule has 2 aromatic rings. The lowest BCUT2D eigenvalue weighted by Crippen LogP contribution is -2.06. The van der Waals surface area contributed by atoms with Gasteiger partial charge in [-0.25, -0.2) is 9.54 Å². The summed E-state index contributed by atoms with van der Waals surface area (Å²) in [4.78, 5) is 11.5. The van der Waals surface area contributed by atoms with Crippen molar-refractivity contribution in [2.24, 2.45) is 0 Å². The van der Waals surface area contributed by atoms with Gasteiger partial charge in [-0.2, -0.15) is 0 Å². The molecule has 2 heterocycles. The molecule has 0 amide bonds. The summed E-state index contributed by atoms with van der Waals surface area (Å²) in [5.74, 6) is -0.296. The van der Waals surface area contributed by atoms with Gasteiger partial charge >= 0.3 is 5.97 Å². The lowest BCUT2D eigenvalue weighted by atomic mass is 10.3. The highest BCUT2D eigenvalue weighted by molar-refractivity contribution is 7.28. The van der Waals surface area contributed by atoms with Crippen LogP contribution in [0.1, 0.15) is 22.7 Å². The molecule has 0 fully saturated rings. The van der Waals surface area contributed by atoms with E-state index in [4.69, 9.17) is 4.74 Å². The van der Waals surface area contributed by atoms with Crippen molar-refractivity contribution in [1.29, 1.82) is 0 Å². The van der Waals surface area contributed by atoms with Crippen LogP contribution in [0.3, 0.4) is 0 Å². The van der Waals surface area contributed by atoms with Gasteiger partial charge in [0.1, 0.15) is 5.65 Å². The van der Waals surface area contributed by atoms with E-state index >= 15 is 0 Å². The summed E-state index contributed by atoms with van der Waals surface area (Å²) in [5.41, 5.74) is 2.50. The van der Waals surface area contributed by atoms with Crippen LogP contribution in [0, 0.1) is 6.92 Å². The van der Waals surface area contributed by atoms with Gasteiger partial charge in [0, 0.05) is 6.20 Å². The molecule has 5 heteroatoms. The van der Waals surface area contributed by atoms with Gasteiger partial charge < -0.3 is 4.74 Å². The predicted molar refractivity (Wildman–Crippen MR) is 58.4 cm³/mol. The third-order valence-electron chi connectivity index (χ3n) is 2.02. The highest BCUT2D eigenvalue weighted by Gasteiger charge is 2.13. The van der Waals surface area contributed by atoms with Crippen molar-refractivity contribution in [2.75, 3.05) is 6.61 Å². The summed E-state index contributed by atoms with van der Waals surface area (Å²) in [6.07, 6.45) is 1.85. The number of hydrogen-bond acceptors (Lipinski definition) is 3. The summed E-state index contributed by atoms with van der Waals surface area (Å²) in [5, 5.41) is 0. The normalized spacial score (nSPS) is 11.1. The van der Waals surface area contributed by atoms with Crippen molar-refractivity contribution in [3.8, 4) is 0 Å². The number of fused-ring (bicyclic) bond motifs is 1. The van der Waals surface area contributed by atoms with E-state index in [0.29, 0.717) is 20.4 Å². The van der Waals surface area contributed by atoms with Gasteiger partial charge in [0.25, 0.3) is 0 Å². The SMILES string of the molecule is CCOC(=O)c1pnc2cc(C)ccn12. The third-order valence-corrected chi connectivity index (χ3v) is 2.92. The number of carbonyl (C=O) groups excluding carboxylic acids is 1. The van der Waals surface area contributed by atoms with E-state index in [1.807, 2.05) is 25.3 Å². The van der Waals surface area contributed by atoms with Gasteiger partial charge in [0.05, 0.1) is 15.0 Å². The lowest BCUT2D eigenvalue weighted by molar-refractivity contribution is 0.0524. The van der Waals surface area contributed by atoms with Crippen molar-refractivity contribution in [2.45, 2.75) is 13.8 Å². The molecule has 0 bridgehead atoms. The molecule has 15 heavy (non-hydrogen) atoms. The van der Waals surface area contributed by atoms with Gasteiger partial charge in [-0.3, -0.25) is 4.40 Å². The quantitative estimate of drug-likeness (QED) is 0.733. The average Bonchev–Trinajstić information content (AvgIpc) is 2.60. The summed E-state index contributed by atoms with van der Waals surface area (Å²) >= 11 is 0. The van der Waals surface area contributed by atoms with Crippen LogP contribution in [0.15, 0.2) is 18.3 Å². The maximum atomic E-state index is 11.5. The van der Waals surface area contributed by atoms with Crippen LogP contribution in [0.25, 0.3) is 5.65 Å². The van der Waals surface area contributed by atoms with E-state index in [0.717, 1.165) is 11.2 Å². The first kappa shape index (κ1) is 10.1. The summed E-state index contributed by atoms with van der Waals surface area (Å²) in [6.45, 7) is 4.18. The number of hydrogen-bond donors (Lipinski definition) is 0. The van der Waals surface area contributed by atoms with Crippen LogP contribution in [-0.2, 0) is 4.74 Å². The number of carbonyl (C=O) groups is 1. The summed E-state index contributed by atoms with van der Waals surface area (Å²) in [7, 11) is 0.656. The van der Waals surface area contributed by atoms with Crippen LogP contribution in [0.2, 0.25) is 0 Å². The molecule has 0 aromatic carbocycles. The molecule has 0 saturated heterocycles. The molecule has 4 nitrogen and oxygen atoms in total. The number of nitrogens with zero attached hydrogens (tertiary/aromatic N) is 2. The molecule has 0 radical (unpaired) electrons. The molecule has 78 valence electrons. The fraction of sp³-hybridized carbons (Fsp3) is 0.300. The third kappa shape index (κ3) is 1.85. The van der Waals surface area contributed by atoms with Crippen molar-refractivity contribution < 1.29 is 9.53 Å². The zero-order chi connectivity index (χ0) is 10.8. The smallest absolute Gasteiger partial charge is 0.361 e. The predicted octanol–water partition coefficient (Wildman–Crippen LogP) is 2.40. The monoisotopic (exact) mass is 222 g/mol. The molecule has 0 aliphatic rings. The Balaban J connectivity index is 2.49. The molecule has 2 rings (SSSR count). The number of esters is 1. The summed E-state index contributed by atoms with van der Waals surface area (Å²) in [6, 6.07) is 3.89. The second-order valence-electron chi connectivity index (χ2n) is 3.18. The molecule has 0 aliphatic heterocycles. The minimum Gasteiger partial charge on any atom is -0.461 e. The first-order chi connectivity index (χ1) is 7.22. The van der Waals surface area contributed by atoms with Crippen molar-refractivity contribution in [3.63, 3.8) is 0 Å². The van der Waals surface area contributed by atoms with Crippen LogP contribution in [-0.4, -0.2) is 21.7 Å². The van der Waals surface area contributed by atoms with E-state index in [-0.39, 0.29) is 5.97 Å².